The molecule has 0 fully saturated rings. The highest BCUT2D eigenvalue weighted by Gasteiger charge is 2.08. The van der Waals surface area contributed by atoms with Crippen LogP contribution in [0.4, 0.5) is 4.39 Å². The largest absolute Gasteiger partial charge is 0.496 e. The highest BCUT2D eigenvalue weighted by Crippen LogP contribution is 2.22. The highest BCUT2D eigenvalue weighted by molar-refractivity contribution is 8.00. The van der Waals surface area contributed by atoms with Gasteiger partial charge in [-0.25, -0.2) is 9.82 Å². The zero-order valence-electron chi connectivity index (χ0n) is 14.9. The average molecular weight is 376 g/mol. The van der Waals surface area contributed by atoms with Gasteiger partial charge in [-0.05, 0) is 42.8 Å². The normalized spacial score (nSPS) is 11.3. The van der Waals surface area contributed by atoms with Crippen LogP contribution in [-0.4, -0.2) is 31.6 Å². The molecule has 0 atom stereocenters. The summed E-state index contributed by atoms with van der Waals surface area (Å²) in [4.78, 5) is 12.4. The zero-order chi connectivity index (χ0) is 18.9. The molecule has 2 aromatic rings. The molecule has 0 aromatic heterocycles. The molecule has 0 saturated carbocycles. The summed E-state index contributed by atoms with van der Waals surface area (Å²) in [6.07, 6.45) is 0. The second kappa shape index (κ2) is 9.94. The van der Waals surface area contributed by atoms with Gasteiger partial charge in [-0.2, -0.15) is 5.10 Å². The number of thioether (sulfide) groups is 1. The quantitative estimate of drug-likeness (QED) is 0.434. The molecule has 0 heterocycles. The molecule has 2 aromatic carbocycles. The monoisotopic (exact) mass is 376 g/mol. The number of carbonyl (C=O) groups excluding carboxylic acids is 1. The Bertz CT molecular complexity index is 796. The fourth-order valence-corrected chi connectivity index (χ4v) is 2.95. The van der Waals surface area contributed by atoms with Crippen LogP contribution in [0, 0.1) is 5.82 Å². The lowest BCUT2D eigenvalue weighted by molar-refractivity contribution is -0.118. The molecule has 26 heavy (non-hydrogen) atoms. The number of methoxy groups -OCH3 is 2. The first kappa shape index (κ1) is 19.9. The summed E-state index contributed by atoms with van der Waals surface area (Å²) >= 11 is 1.13. The van der Waals surface area contributed by atoms with Crippen molar-refractivity contribution in [1.82, 2.24) is 5.43 Å². The van der Waals surface area contributed by atoms with Crippen LogP contribution in [0.5, 0.6) is 5.75 Å². The Morgan fingerprint density at radius 2 is 2.00 bits per heavy atom. The highest BCUT2D eigenvalue weighted by atomic mass is 32.2. The molecular formula is C19H21FN2O3S. The molecule has 1 N–H and O–H groups in total. The first-order valence-electron chi connectivity index (χ1n) is 7.91. The SMILES string of the molecule is COCc1cc(/C(C)=N\NC(=O)CSc2ccccc2F)ccc1OC. The molecule has 0 saturated heterocycles. The Kier molecular flexibility index (Phi) is 7.62. The fraction of sp³-hybridized carbons (Fsp3) is 0.263. The van der Waals surface area contributed by atoms with Crippen LogP contribution < -0.4 is 10.2 Å². The van der Waals surface area contributed by atoms with E-state index in [4.69, 9.17) is 9.47 Å². The Morgan fingerprint density at radius 1 is 1.23 bits per heavy atom. The third-order valence-corrected chi connectivity index (χ3v) is 4.59. The van der Waals surface area contributed by atoms with Gasteiger partial charge in [0.1, 0.15) is 11.6 Å². The Labute approximate surface area is 156 Å². The molecule has 0 aliphatic carbocycles. The summed E-state index contributed by atoms with van der Waals surface area (Å²) in [5.74, 6) is 0.167. The van der Waals surface area contributed by atoms with E-state index in [9.17, 15) is 9.18 Å². The number of nitrogens with zero attached hydrogens (tertiary/aromatic N) is 1. The number of amides is 1. The van der Waals surface area contributed by atoms with Crippen LogP contribution in [-0.2, 0) is 16.1 Å². The number of carbonyl (C=O) groups is 1. The van der Waals surface area contributed by atoms with Gasteiger partial charge in [-0.3, -0.25) is 4.79 Å². The van der Waals surface area contributed by atoms with Gasteiger partial charge in [0, 0.05) is 17.6 Å². The van der Waals surface area contributed by atoms with E-state index >= 15 is 0 Å². The number of rotatable bonds is 8. The topological polar surface area (TPSA) is 59.9 Å². The molecule has 0 radical (unpaired) electrons. The Morgan fingerprint density at radius 3 is 2.69 bits per heavy atom. The molecular weight excluding hydrogens is 355 g/mol. The van der Waals surface area contributed by atoms with Crippen molar-refractivity contribution in [3.63, 3.8) is 0 Å². The molecule has 0 unspecified atom stereocenters. The van der Waals surface area contributed by atoms with E-state index in [-0.39, 0.29) is 17.5 Å². The van der Waals surface area contributed by atoms with Gasteiger partial charge < -0.3 is 9.47 Å². The van der Waals surface area contributed by atoms with Crippen molar-refractivity contribution >= 4 is 23.4 Å². The number of hydrazone groups is 1. The van der Waals surface area contributed by atoms with Gasteiger partial charge in [0.2, 0.25) is 5.91 Å². The van der Waals surface area contributed by atoms with E-state index in [2.05, 4.69) is 10.5 Å². The van der Waals surface area contributed by atoms with Gasteiger partial charge in [-0.1, -0.05) is 12.1 Å². The van der Waals surface area contributed by atoms with Crippen molar-refractivity contribution in [2.45, 2.75) is 18.4 Å². The minimum absolute atomic E-state index is 0.0786. The molecule has 138 valence electrons. The molecule has 5 nitrogen and oxygen atoms in total. The molecule has 0 bridgehead atoms. The van der Waals surface area contributed by atoms with Crippen molar-refractivity contribution in [3.8, 4) is 5.75 Å². The predicted molar refractivity (Wildman–Crippen MR) is 101 cm³/mol. The summed E-state index contributed by atoms with van der Waals surface area (Å²) < 4.78 is 24.0. The van der Waals surface area contributed by atoms with Gasteiger partial charge >= 0.3 is 0 Å². The smallest absolute Gasteiger partial charge is 0.250 e. The fourth-order valence-electron chi connectivity index (χ4n) is 2.22. The third kappa shape index (κ3) is 5.57. The summed E-state index contributed by atoms with van der Waals surface area (Å²) in [5, 5.41) is 4.11. The minimum atomic E-state index is -0.339. The predicted octanol–water partition coefficient (Wildman–Crippen LogP) is 3.61. The number of hydrogen-bond acceptors (Lipinski definition) is 5. The lowest BCUT2D eigenvalue weighted by Gasteiger charge is -2.10. The van der Waals surface area contributed by atoms with E-state index in [1.54, 1.807) is 39.3 Å². The van der Waals surface area contributed by atoms with Crippen LogP contribution in [0.2, 0.25) is 0 Å². The standard InChI is InChI=1S/C19H21FN2O3S/c1-13(14-8-9-17(25-3)15(10-14)11-24-2)21-22-19(23)12-26-18-7-5-4-6-16(18)20/h4-10H,11-12H2,1-3H3,(H,22,23)/b21-13-. The average Bonchev–Trinajstić information content (AvgIpc) is 2.65. The van der Waals surface area contributed by atoms with E-state index in [1.165, 1.54) is 6.07 Å². The zero-order valence-corrected chi connectivity index (χ0v) is 15.7. The lowest BCUT2D eigenvalue weighted by Crippen LogP contribution is -2.21. The summed E-state index contributed by atoms with van der Waals surface area (Å²) in [5.41, 5.74) is 4.88. The molecule has 2 rings (SSSR count). The second-order valence-corrected chi connectivity index (χ2v) is 6.43. The van der Waals surface area contributed by atoms with Crippen molar-refractivity contribution in [1.29, 1.82) is 0 Å². The molecule has 0 aliphatic heterocycles. The first-order valence-corrected chi connectivity index (χ1v) is 8.90. The van der Waals surface area contributed by atoms with E-state index in [0.29, 0.717) is 17.2 Å². The number of nitrogens with one attached hydrogen (secondary N) is 1. The van der Waals surface area contributed by atoms with Crippen molar-refractivity contribution < 1.29 is 18.7 Å². The van der Waals surface area contributed by atoms with E-state index < -0.39 is 0 Å². The maximum Gasteiger partial charge on any atom is 0.250 e. The van der Waals surface area contributed by atoms with Crippen LogP contribution in [0.25, 0.3) is 0 Å². The number of hydrogen-bond donors (Lipinski definition) is 1. The summed E-state index contributed by atoms with van der Waals surface area (Å²) in [6.45, 7) is 2.21. The summed E-state index contributed by atoms with van der Waals surface area (Å²) in [7, 11) is 3.21. The summed E-state index contributed by atoms with van der Waals surface area (Å²) in [6, 6.07) is 11.9. The van der Waals surface area contributed by atoms with Crippen molar-refractivity contribution in [3.05, 3.63) is 59.4 Å². The first-order chi connectivity index (χ1) is 12.5. The minimum Gasteiger partial charge on any atom is -0.496 e. The van der Waals surface area contributed by atoms with Crippen molar-refractivity contribution in [2.75, 3.05) is 20.0 Å². The maximum atomic E-state index is 13.5. The molecule has 0 aliphatic rings. The third-order valence-electron chi connectivity index (χ3n) is 3.54. The van der Waals surface area contributed by atoms with Crippen LogP contribution in [0.3, 0.4) is 0 Å². The van der Waals surface area contributed by atoms with Gasteiger partial charge in [-0.15, -0.1) is 11.8 Å². The number of ether oxygens (including phenoxy) is 2. The molecule has 0 spiro atoms. The number of benzene rings is 2. The van der Waals surface area contributed by atoms with Gasteiger partial charge in [0.15, 0.2) is 0 Å². The maximum absolute atomic E-state index is 13.5. The molecule has 7 heteroatoms. The van der Waals surface area contributed by atoms with E-state index in [1.807, 2.05) is 18.2 Å². The van der Waals surface area contributed by atoms with Gasteiger partial charge in [0.25, 0.3) is 0 Å². The van der Waals surface area contributed by atoms with Crippen LogP contribution in [0.1, 0.15) is 18.1 Å². The van der Waals surface area contributed by atoms with Crippen LogP contribution in [0.15, 0.2) is 52.5 Å². The second-order valence-electron chi connectivity index (χ2n) is 5.41. The number of halogens is 1. The Balaban J connectivity index is 1.97. The molecule has 1 amide bonds. The Hall–Kier alpha value is -2.38. The van der Waals surface area contributed by atoms with Crippen LogP contribution >= 0.6 is 11.8 Å². The lowest BCUT2D eigenvalue weighted by atomic mass is 10.1. The van der Waals surface area contributed by atoms with E-state index in [0.717, 1.165) is 28.6 Å². The van der Waals surface area contributed by atoms with Crippen molar-refractivity contribution in [2.24, 2.45) is 5.10 Å². The van der Waals surface area contributed by atoms with Gasteiger partial charge in [0.05, 0.1) is 25.2 Å².